The van der Waals surface area contributed by atoms with Gasteiger partial charge in [0.2, 0.25) is 0 Å². The zero-order valence-corrected chi connectivity index (χ0v) is 11.4. The van der Waals surface area contributed by atoms with Crippen molar-refractivity contribution in [3.05, 3.63) is 35.4 Å². The van der Waals surface area contributed by atoms with Crippen LogP contribution in [0.2, 0.25) is 0 Å². The highest BCUT2D eigenvalue weighted by Crippen LogP contribution is 2.35. The largest absolute Gasteiger partial charge is 0.317 e. The molecule has 3 rings (SSSR count). The van der Waals surface area contributed by atoms with Crippen molar-refractivity contribution in [1.29, 1.82) is 0 Å². The van der Waals surface area contributed by atoms with Crippen LogP contribution >= 0.6 is 0 Å². The summed E-state index contributed by atoms with van der Waals surface area (Å²) in [7, 11) is 0. The molecule has 98 valence electrons. The molecular weight excluding hydrogens is 220 g/mol. The van der Waals surface area contributed by atoms with Crippen molar-refractivity contribution in [2.45, 2.75) is 39.3 Å². The monoisotopic (exact) mass is 244 g/mol. The SMILES string of the molecule is CCC1(CN2Cc3ccccc3C2)CCNCC1. The highest BCUT2D eigenvalue weighted by molar-refractivity contribution is 5.30. The van der Waals surface area contributed by atoms with Gasteiger partial charge in [-0.15, -0.1) is 0 Å². The van der Waals surface area contributed by atoms with Gasteiger partial charge in [-0.3, -0.25) is 4.90 Å². The van der Waals surface area contributed by atoms with Crippen molar-refractivity contribution in [2.24, 2.45) is 5.41 Å². The molecule has 2 heterocycles. The molecule has 18 heavy (non-hydrogen) atoms. The molecular formula is C16H24N2. The molecule has 1 aromatic rings. The molecule has 0 unspecified atom stereocenters. The van der Waals surface area contributed by atoms with Crippen molar-refractivity contribution in [2.75, 3.05) is 19.6 Å². The van der Waals surface area contributed by atoms with Gasteiger partial charge in [-0.25, -0.2) is 0 Å². The average molecular weight is 244 g/mol. The lowest BCUT2D eigenvalue weighted by molar-refractivity contribution is 0.105. The molecule has 0 spiro atoms. The summed E-state index contributed by atoms with van der Waals surface area (Å²) < 4.78 is 0. The van der Waals surface area contributed by atoms with Gasteiger partial charge in [0.1, 0.15) is 0 Å². The van der Waals surface area contributed by atoms with E-state index in [1.165, 1.54) is 50.0 Å². The van der Waals surface area contributed by atoms with Crippen LogP contribution < -0.4 is 5.32 Å². The molecule has 2 nitrogen and oxygen atoms in total. The van der Waals surface area contributed by atoms with Crippen LogP contribution in [-0.4, -0.2) is 24.5 Å². The summed E-state index contributed by atoms with van der Waals surface area (Å²) in [6.07, 6.45) is 4.01. The van der Waals surface area contributed by atoms with E-state index in [9.17, 15) is 0 Å². The molecule has 1 fully saturated rings. The van der Waals surface area contributed by atoms with Gasteiger partial charge in [0.25, 0.3) is 0 Å². The van der Waals surface area contributed by atoms with E-state index >= 15 is 0 Å². The molecule has 0 atom stereocenters. The van der Waals surface area contributed by atoms with Gasteiger partial charge in [0.05, 0.1) is 0 Å². The Morgan fingerprint density at radius 1 is 1.11 bits per heavy atom. The van der Waals surface area contributed by atoms with Crippen LogP contribution in [0.3, 0.4) is 0 Å². The lowest BCUT2D eigenvalue weighted by Crippen LogP contribution is -2.43. The van der Waals surface area contributed by atoms with E-state index in [0.717, 1.165) is 13.1 Å². The van der Waals surface area contributed by atoms with Crippen LogP contribution in [0.4, 0.5) is 0 Å². The van der Waals surface area contributed by atoms with Gasteiger partial charge in [-0.05, 0) is 48.9 Å². The minimum Gasteiger partial charge on any atom is -0.317 e. The fraction of sp³-hybridized carbons (Fsp3) is 0.625. The van der Waals surface area contributed by atoms with Gasteiger partial charge in [-0.1, -0.05) is 31.2 Å². The van der Waals surface area contributed by atoms with Crippen molar-refractivity contribution < 1.29 is 0 Å². The second-order valence-electron chi connectivity index (χ2n) is 6.02. The van der Waals surface area contributed by atoms with E-state index in [0.29, 0.717) is 5.41 Å². The summed E-state index contributed by atoms with van der Waals surface area (Å²) in [5.41, 5.74) is 3.64. The number of piperidine rings is 1. The summed E-state index contributed by atoms with van der Waals surface area (Å²) in [4.78, 5) is 2.65. The first-order chi connectivity index (χ1) is 8.81. The van der Waals surface area contributed by atoms with Crippen molar-refractivity contribution in [3.63, 3.8) is 0 Å². The normalized spacial score (nSPS) is 22.9. The van der Waals surface area contributed by atoms with Gasteiger partial charge in [0.15, 0.2) is 0 Å². The van der Waals surface area contributed by atoms with Crippen LogP contribution in [-0.2, 0) is 13.1 Å². The summed E-state index contributed by atoms with van der Waals surface area (Å²) in [6.45, 7) is 8.37. The van der Waals surface area contributed by atoms with E-state index in [1.54, 1.807) is 0 Å². The molecule has 0 radical (unpaired) electrons. The Bertz CT molecular complexity index is 382. The summed E-state index contributed by atoms with van der Waals surface area (Å²) in [5.74, 6) is 0. The van der Waals surface area contributed by atoms with Crippen LogP contribution in [0.15, 0.2) is 24.3 Å². The van der Waals surface area contributed by atoms with Gasteiger partial charge in [0, 0.05) is 19.6 Å². The van der Waals surface area contributed by atoms with E-state index in [1.807, 2.05) is 0 Å². The molecule has 1 aromatic carbocycles. The number of fused-ring (bicyclic) bond motifs is 1. The van der Waals surface area contributed by atoms with Crippen LogP contribution in [0.25, 0.3) is 0 Å². The van der Waals surface area contributed by atoms with Crippen LogP contribution in [0.5, 0.6) is 0 Å². The maximum absolute atomic E-state index is 3.50. The Kier molecular flexibility index (Phi) is 3.40. The summed E-state index contributed by atoms with van der Waals surface area (Å²) in [6, 6.07) is 8.91. The molecule has 0 bridgehead atoms. The molecule has 0 saturated carbocycles. The minimum absolute atomic E-state index is 0.563. The number of rotatable bonds is 3. The fourth-order valence-electron chi connectivity index (χ4n) is 3.57. The Morgan fingerprint density at radius 2 is 1.72 bits per heavy atom. The maximum atomic E-state index is 3.50. The number of nitrogens with one attached hydrogen (secondary N) is 1. The molecule has 0 amide bonds. The van der Waals surface area contributed by atoms with E-state index in [2.05, 4.69) is 41.4 Å². The predicted molar refractivity (Wildman–Crippen MR) is 75.4 cm³/mol. The maximum Gasteiger partial charge on any atom is 0.0240 e. The molecule has 0 aromatic heterocycles. The summed E-state index contributed by atoms with van der Waals surface area (Å²) in [5, 5.41) is 3.50. The Hall–Kier alpha value is -0.860. The third-order valence-corrected chi connectivity index (χ3v) is 4.88. The molecule has 2 aliphatic rings. The first kappa shape index (κ1) is 12.2. The van der Waals surface area contributed by atoms with Gasteiger partial charge in [-0.2, -0.15) is 0 Å². The molecule has 1 N–H and O–H groups in total. The fourth-order valence-corrected chi connectivity index (χ4v) is 3.57. The number of nitrogens with zero attached hydrogens (tertiary/aromatic N) is 1. The van der Waals surface area contributed by atoms with Crippen molar-refractivity contribution in [3.8, 4) is 0 Å². The topological polar surface area (TPSA) is 15.3 Å². The summed E-state index contributed by atoms with van der Waals surface area (Å²) >= 11 is 0. The average Bonchev–Trinajstić information content (AvgIpc) is 2.81. The number of hydrogen-bond acceptors (Lipinski definition) is 2. The Morgan fingerprint density at radius 3 is 2.28 bits per heavy atom. The smallest absolute Gasteiger partial charge is 0.0240 e. The number of hydrogen-bond donors (Lipinski definition) is 1. The van der Waals surface area contributed by atoms with E-state index < -0.39 is 0 Å². The van der Waals surface area contributed by atoms with E-state index in [-0.39, 0.29) is 0 Å². The Labute approximate surface area is 110 Å². The van der Waals surface area contributed by atoms with Gasteiger partial charge >= 0.3 is 0 Å². The molecule has 1 saturated heterocycles. The van der Waals surface area contributed by atoms with Crippen molar-refractivity contribution >= 4 is 0 Å². The second kappa shape index (κ2) is 5.02. The molecule has 2 heteroatoms. The Balaban J connectivity index is 1.67. The zero-order chi connectivity index (χ0) is 12.4. The number of benzene rings is 1. The lowest BCUT2D eigenvalue weighted by atomic mass is 9.76. The van der Waals surface area contributed by atoms with Gasteiger partial charge < -0.3 is 5.32 Å². The van der Waals surface area contributed by atoms with Crippen LogP contribution in [0.1, 0.15) is 37.3 Å². The third-order valence-electron chi connectivity index (χ3n) is 4.88. The van der Waals surface area contributed by atoms with Crippen molar-refractivity contribution in [1.82, 2.24) is 10.2 Å². The van der Waals surface area contributed by atoms with Crippen LogP contribution in [0, 0.1) is 5.41 Å². The van der Waals surface area contributed by atoms with E-state index in [4.69, 9.17) is 0 Å². The molecule has 0 aliphatic carbocycles. The minimum atomic E-state index is 0.563. The zero-order valence-electron chi connectivity index (χ0n) is 11.4. The first-order valence-corrected chi connectivity index (χ1v) is 7.31. The quantitative estimate of drug-likeness (QED) is 0.879. The highest BCUT2D eigenvalue weighted by atomic mass is 15.1. The second-order valence-corrected chi connectivity index (χ2v) is 6.02. The predicted octanol–water partition coefficient (Wildman–Crippen LogP) is 2.78. The first-order valence-electron chi connectivity index (χ1n) is 7.31. The molecule has 2 aliphatic heterocycles. The highest BCUT2D eigenvalue weighted by Gasteiger charge is 2.33. The lowest BCUT2D eigenvalue weighted by Gasteiger charge is -2.39. The third kappa shape index (κ3) is 2.32. The standard InChI is InChI=1S/C16H24N2/c1-2-16(7-9-17-10-8-16)13-18-11-14-5-3-4-6-15(14)12-18/h3-6,17H,2,7-13H2,1H3.